The van der Waals surface area contributed by atoms with Gasteiger partial charge in [-0.15, -0.1) is 0 Å². The van der Waals surface area contributed by atoms with Gasteiger partial charge in [0.1, 0.15) is 5.82 Å². The summed E-state index contributed by atoms with van der Waals surface area (Å²) in [5.41, 5.74) is 0.525. The van der Waals surface area contributed by atoms with E-state index in [0.717, 1.165) is 5.92 Å². The van der Waals surface area contributed by atoms with Gasteiger partial charge in [0.2, 0.25) is 0 Å². The van der Waals surface area contributed by atoms with E-state index in [1.54, 1.807) is 0 Å². The fraction of sp³-hybridized carbons (Fsp3) is 0.529. The highest BCUT2D eigenvalue weighted by Gasteiger charge is 2.38. The number of hydrogen-bond donors (Lipinski definition) is 2. The van der Waals surface area contributed by atoms with Crippen LogP contribution in [0.4, 0.5) is 17.6 Å². The quantitative estimate of drug-likeness (QED) is 0.796. The second kappa shape index (κ2) is 8.48. The standard InChI is InChI=1S/C15H19FN2O.C2HF3O2/c16-13-3-1-12(2-4-13)15(19)17-10-14-9-11-5-7-18(14)8-6-11;3-2(4,5)1(6)7/h1-4,11,14H,5-10H2,(H,17,19);(H,6,7). The van der Waals surface area contributed by atoms with Crippen LogP contribution in [0.25, 0.3) is 0 Å². The molecule has 0 spiro atoms. The highest BCUT2D eigenvalue weighted by Crippen LogP contribution is 2.31. The van der Waals surface area contributed by atoms with Crippen LogP contribution in [0.5, 0.6) is 0 Å². The van der Waals surface area contributed by atoms with E-state index >= 15 is 0 Å². The first-order valence-corrected chi connectivity index (χ1v) is 8.24. The number of carboxylic acids is 1. The second-order valence-electron chi connectivity index (χ2n) is 6.39. The molecular formula is C17H20F4N2O3. The first-order valence-electron chi connectivity index (χ1n) is 8.24. The number of fused-ring (bicyclic) bond motifs is 3. The minimum atomic E-state index is -5.08. The number of carbonyl (C=O) groups is 2. The lowest BCUT2D eigenvalue weighted by Gasteiger charge is -2.45. The predicted molar refractivity (Wildman–Crippen MR) is 85.1 cm³/mol. The van der Waals surface area contributed by atoms with Crippen LogP contribution in [0.15, 0.2) is 24.3 Å². The molecule has 9 heteroatoms. The molecule has 1 aromatic rings. The number of carboxylic acid groups (broad SMARTS) is 1. The van der Waals surface area contributed by atoms with E-state index in [2.05, 4.69) is 10.2 Å². The van der Waals surface area contributed by atoms with Crippen LogP contribution in [0.3, 0.4) is 0 Å². The molecule has 1 aromatic carbocycles. The zero-order chi connectivity index (χ0) is 19.3. The average Bonchev–Trinajstić information content (AvgIpc) is 2.61. The second-order valence-corrected chi connectivity index (χ2v) is 6.39. The molecule has 2 N–H and O–H groups in total. The molecule has 3 heterocycles. The highest BCUT2D eigenvalue weighted by atomic mass is 19.4. The maximum atomic E-state index is 12.8. The number of amides is 1. The summed E-state index contributed by atoms with van der Waals surface area (Å²) in [6.07, 6.45) is -1.27. The van der Waals surface area contributed by atoms with Crippen molar-refractivity contribution in [3.05, 3.63) is 35.6 Å². The summed E-state index contributed by atoms with van der Waals surface area (Å²) in [4.78, 5) is 23.3. The molecule has 26 heavy (non-hydrogen) atoms. The molecule has 3 aliphatic heterocycles. The maximum absolute atomic E-state index is 12.8. The molecule has 3 aliphatic rings. The van der Waals surface area contributed by atoms with Crippen LogP contribution in [-0.4, -0.2) is 53.7 Å². The van der Waals surface area contributed by atoms with Gasteiger partial charge in [-0.05, 0) is 62.5 Å². The lowest BCUT2D eigenvalue weighted by atomic mass is 9.83. The summed E-state index contributed by atoms with van der Waals surface area (Å²) in [5, 5.41) is 10.1. The number of rotatable bonds is 3. The van der Waals surface area contributed by atoms with Gasteiger partial charge >= 0.3 is 12.1 Å². The normalized spacial score (nSPS) is 24.4. The maximum Gasteiger partial charge on any atom is 0.490 e. The number of nitrogens with zero attached hydrogens (tertiary/aromatic N) is 1. The summed E-state index contributed by atoms with van der Waals surface area (Å²) < 4.78 is 44.5. The molecule has 0 aliphatic carbocycles. The molecule has 1 unspecified atom stereocenters. The Balaban J connectivity index is 0.000000298. The summed E-state index contributed by atoms with van der Waals surface area (Å²) >= 11 is 0. The minimum absolute atomic E-state index is 0.109. The lowest BCUT2D eigenvalue weighted by Crippen LogP contribution is -2.53. The van der Waals surface area contributed by atoms with Crippen LogP contribution < -0.4 is 5.32 Å². The highest BCUT2D eigenvalue weighted by molar-refractivity contribution is 5.94. The van der Waals surface area contributed by atoms with Crippen LogP contribution in [0.1, 0.15) is 29.6 Å². The third-order valence-electron chi connectivity index (χ3n) is 4.62. The van der Waals surface area contributed by atoms with E-state index in [1.807, 2.05) is 0 Å². The predicted octanol–water partition coefficient (Wildman–Crippen LogP) is 2.67. The van der Waals surface area contributed by atoms with Gasteiger partial charge in [0, 0.05) is 18.2 Å². The molecule has 0 saturated carbocycles. The molecule has 2 bridgehead atoms. The first kappa shape index (κ1) is 20.2. The first-order chi connectivity index (χ1) is 12.2. The van der Waals surface area contributed by atoms with Crippen molar-refractivity contribution in [2.24, 2.45) is 5.92 Å². The Labute approximate surface area is 148 Å². The van der Waals surface area contributed by atoms with Gasteiger partial charge in [-0.1, -0.05) is 0 Å². The Bertz CT molecular complexity index is 626. The molecule has 3 saturated heterocycles. The van der Waals surface area contributed by atoms with Crippen LogP contribution in [-0.2, 0) is 4.79 Å². The zero-order valence-corrected chi connectivity index (χ0v) is 13.9. The van der Waals surface area contributed by atoms with E-state index in [9.17, 15) is 22.4 Å². The molecule has 0 radical (unpaired) electrons. The number of piperidine rings is 3. The van der Waals surface area contributed by atoms with Crippen LogP contribution in [0, 0.1) is 11.7 Å². The monoisotopic (exact) mass is 376 g/mol. The molecule has 1 atom stereocenters. The van der Waals surface area contributed by atoms with Gasteiger partial charge in [-0.25, -0.2) is 9.18 Å². The number of alkyl halides is 3. The van der Waals surface area contributed by atoms with Crippen molar-refractivity contribution < 1.29 is 32.3 Å². The average molecular weight is 376 g/mol. The van der Waals surface area contributed by atoms with Crippen molar-refractivity contribution in [3.63, 3.8) is 0 Å². The Morgan fingerprint density at radius 2 is 1.69 bits per heavy atom. The van der Waals surface area contributed by atoms with E-state index < -0.39 is 12.1 Å². The van der Waals surface area contributed by atoms with Crippen LogP contribution >= 0.6 is 0 Å². The number of carbonyl (C=O) groups excluding carboxylic acids is 1. The molecule has 3 fully saturated rings. The third-order valence-corrected chi connectivity index (χ3v) is 4.62. The van der Waals surface area contributed by atoms with E-state index in [1.165, 1.54) is 56.6 Å². The fourth-order valence-electron chi connectivity index (χ4n) is 3.21. The SMILES string of the molecule is O=C(NCC1CC2CCN1CC2)c1ccc(F)cc1.O=C(O)C(F)(F)F. The van der Waals surface area contributed by atoms with Crippen molar-refractivity contribution in [2.45, 2.75) is 31.5 Å². The van der Waals surface area contributed by atoms with Gasteiger partial charge in [-0.2, -0.15) is 13.2 Å². The van der Waals surface area contributed by atoms with Crippen molar-refractivity contribution in [2.75, 3.05) is 19.6 Å². The smallest absolute Gasteiger partial charge is 0.475 e. The molecule has 4 rings (SSSR count). The van der Waals surface area contributed by atoms with Gasteiger partial charge in [-0.3, -0.25) is 9.69 Å². The molecule has 144 valence electrons. The Kier molecular flexibility index (Phi) is 6.57. The van der Waals surface area contributed by atoms with Gasteiger partial charge < -0.3 is 10.4 Å². The molecule has 5 nitrogen and oxygen atoms in total. The number of hydrogen-bond acceptors (Lipinski definition) is 3. The fourth-order valence-corrected chi connectivity index (χ4v) is 3.21. The summed E-state index contributed by atoms with van der Waals surface area (Å²) in [6, 6.07) is 6.18. The molecular weight excluding hydrogens is 356 g/mol. The Hall–Kier alpha value is -2.16. The lowest BCUT2D eigenvalue weighted by molar-refractivity contribution is -0.192. The van der Waals surface area contributed by atoms with E-state index in [-0.39, 0.29) is 11.7 Å². The third kappa shape index (κ3) is 5.69. The number of aliphatic carboxylic acids is 1. The number of nitrogens with one attached hydrogen (secondary N) is 1. The largest absolute Gasteiger partial charge is 0.490 e. The van der Waals surface area contributed by atoms with Crippen molar-refractivity contribution in [1.29, 1.82) is 0 Å². The van der Waals surface area contributed by atoms with E-state index in [4.69, 9.17) is 9.90 Å². The summed E-state index contributed by atoms with van der Waals surface area (Å²) in [5.74, 6) is -2.33. The summed E-state index contributed by atoms with van der Waals surface area (Å²) in [7, 11) is 0. The van der Waals surface area contributed by atoms with Crippen molar-refractivity contribution in [1.82, 2.24) is 10.2 Å². The Morgan fingerprint density at radius 1 is 1.15 bits per heavy atom. The van der Waals surface area contributed by atoms with E-state index in [0.29, 0.717) is 18.2 Å². The van der Waals surface area contributed by atoms with Crippen molar-refractivity contribution >= 4 is 11.9 Å². The molecule has 1 amide bonds. The topological polar surface area (TPSA) is 69.6 Å². The zero-order valence-electron chi connectivity index (χ0n) is 13.9. The van der Waals surface area contributed by atoms with Gasteiger partial charge in [0.15, 0.2) is 0 Å². The number of halogens is 4. The Morgan fingerprint density at radius 3 is 2.12 bits per heavy atom. The van der Waals surface area contributed by atoms with Crippen molar-refractivity contribution in [3.8, 4) is 0 Å². The summed E-state index contributed by atoms with van der Waals surface area (Å²) in [6.45, 7) is 3.04. The van der Waals surface area contributed by atoms with Crippen LogP contribution in [0.2, 0.25) is 0 Å². The minimum Gasteiger partial charge on any atom is -0.475 e. The molecule has 0 aromatic heterocycles. The number of benzene rings is 1. The van der Waals surface area contributed by atoms with Gasteiger partial charge in [0.05, 0.1) is 0 Å². The van der Waals surface area contributed by atoms with Gasteiger partial charge in [0.25, 0.3) is 5.91 Å².